The average Bonchev–Trinajstić information content (AvgIpc) is 2.83. The number of nitrogens with one attached hydrogen (secondary N) is 1. The van der Waals surface area contributed by atoms with Gasteiger partial charge in [0.05, 0.1) is 22.5 Å². The van der Waals surface area contributed by atoms with E-state index < -0.39 is 0 Å². The maximum absolute atomic E-state index is 5.15. The molecule has 0 fully saturated rings. The molecule has 5 nitrogen and oxygen atoms in total. The summed E-state index contributed by atoms with van der Waals surface area (Å²) in [4.78, 5) is 12.2. The van der Waals surface area contributed by atoms with E-state index in [0.29, 0.717) is 5.65 Å². The summed E-state index contributed by atoms with van der Waals surface area (Å²) >= 11 is 3.46. The minimum atomic E-state index is 0.700. The molecule has 18 heavy (non-hydrogen) atoms. The van der Waals surface area contributed by atoms with Crippen molar-refractivity contribution in [1.82, 2.24) is 20.1 Å². The second kappa shape index (κ2) is 3.91. The van der Waals surface area contributed by atoms with Crippen LogP contribution in [-0.2, 0) is 0 Å². The van der Waals surface area contributed by atoms with E-state index in [2.05, 4.69) is 36.0 Å². The van der Waals surface area contributed by atoms with Crippen LogP contribution in [0.3, 0.4) is 0 Å². The Hall–Kier alpha value is -1.69. The molecule has 0 aliphatic carbocycles. The molecular weight excluding hydrogens is 296 g/mol. The van der Waals surface area contributed by atoms with Crippen LogP contribution >= 0.6 is 15.9 Å². The molecule has 3 aromatic rings. The zero-order valence-corrected chi connectivity index (χ0v) is 11.8. The van der Waals surface area contributed by atoms with E-state index in [1.54, 1.807) is 0 Å². The number of rotatable bonds is 1. The third kappa shape index (κ3) is 1.64. The molecule has 3 aromatic heterocycles. The van der Waals surface area contributed by atoms with Gasteiger partial charge in [0, 0.05) is 4.47 Å². The summed E-state index contributed by atoms with van der Waals surface area (Å²) in [6.45, 7) is 5.71. The Balaban J connectivity index is 2.26. The number of aryl methyl sites for hydroxylation is 3. The second-order valence-electron chi connectivity index (χ2n) is 4.21. The Kier molecular flexibility index (Phi) is 2.48. The van der Waals surface area contributed by atoms with Crippen LogP contribution in [0.15, 0.2) is 15.1 Å². The van der Waals surface area contributed by atoms with Crippen molar-refractivity contribution in [2.45, 2.75) is 20.8 Å². The summed E-state index contributed by atoms with van der Waals surface area (Å²) in [5.41, 5.74) is 4.23. The van der Waals surface area contributed by atoms with Crippen molar-refractivity contribution in [1.29, 1.82) is 0 Å². The number of H-pyrrole nitrogens is 1. The summed E-state index contributed by atoms with van der Waals surface area (Å²) in [6, 6.07) is 1.98. The minimum Gasteiger partial charge on any atom is -0.361 e. The average molecular weight is 307 g/mol. The number of aromatic nitrogens is 4. The van der Waals surface area contributed by atoms with Crippen molar-refractivity contribution in [3.8, 4) is 11.4 Å². The highest BCUT2D eigenvalue weighted by molar-refractivity contribution is 9.10. The topological polar surface area (TPSA) is 67.6 Å². The van der Waals surface area contributed by atoms with Gasteiger partial charge in [-0.05, 0) is 42.8 Å². The first kappa shape index (κ1) is 11.4. The Morgan fingerprint density at radius 1 is 1.17 bits per heavy atom. The number of hydrogen-bond acceptors (Lipinski definition) is 4. The maximum Gasteiger partial charge on any atom is 0.178 e. The minimum absolute atomic E-state index is 0.700. The first-order valence-electron chi connectivity index (χ1n) is 5.52. The first-order chi connectivity index (χ1) is 8.56. The molecule has 0 saturated heterocycles. The van der Waals surface area contributed by atoms with Gasteiger partial charge in [0.25, 0.3) is 0 Å². The first-order valence-corrected chi connectivity index (χ1v) is 6.31. The van der Waals surface area contributed by atoms with Crippen LogP contribution in [-0.4, -0.2) is 20.1 Å². The molecule has 0 spiro atoms. The van der Waals surface area contributed by atoms with Gasteiger partial charge in [-0.3, -0.25) is 0 Å². The molecule has 3 heterocycles. The number of fused-ring (bicyclic) bond motifs is 1. The fourth-order valence-corrected chi connectivity index (χ4v) is 2.26. The fraction of sp³-hybridized carbons (Fsp3) is 0.250. The number of imidazole rings is 1. The standard InChI is InChI=1S/C12H11BrN4O/c1-5-8(13)4-9-11(14-5)16-12(15-9)10-6(2)17-18-7(10)3/h4H,1-3H3,(H,14,15,16). The van der Waals surface area contributed by atoms with Gasteiger partial charge in [-0.25, -0.2) is 9.97 Å². The molecule has 0 bridgehead atoms. The Bertz CT molecular complexity index is 685. The smallest absolute Gasteiger partial charge is 0.178 e. The summed E-state index contributed by atoms with van der Waals surface area (Å²) in [6.07, 6.45) is 0. The van der Waals surface area contributed by atoms with Gasteiger partial charge in [-0.15, -0.1) is 0 Å². The van der Waals surface area contributed by atoms with Crippen LogP contribution in [0.1, 0.15) is 17.1 Å². The van der Waals surface area contributed by atoms with Gasteiger partial charge in [0.2, 0.25) is 0 Å². The van der Waals surface area contributed by atoms with Crippen LogP contribution in [0.2, 0.25) is 0 Å². The molecular formula is C12H11BrN4O. The second-order valence-corrected chi connectivity index (χ2v) is 5.07. The predicted molar refractivity (Wildman–Crippen MR) is 71.3 cm³/mol. The summed E-state index contributed by atoms with van der Waals surface area (Å²) < 4.78 is 6.12. The van der Waals surface area contributed by atoms with Crippen LogP contribution in [0, 0.1) is 20.8 Å². The molecule has 1 N–H and O–H groups in total. The number of halogens is 1. The molecule has 0 saturated carbocycles. The fourth-order valence-electron chi connectivity index (χ4n) is 1.95. The van der Waals surface area contributed by atoms with Crippen molar-refractivity contribution in [3.05, 3.63) is 27.7 Å². The Morgan fingerprint density at radius 3 is 2.61 bits per heavy atom. The lowest BCUT2D eigenvalue weighted by atomic mass is 10.2. The highest BCUT2D eigenvalue weighted by Gasteiger charge is 2.16. The maximum atomic E-state index is 5.15. The zero-order valence-electron chi connectivity index (χ0n) is 10.2. The van der Waals surface area contributed by atoms with Crippen LogP contribution in [0.5, 0.6) is 0 Å². The predicted octanol–water partition coefficient (Wildman–Crippen LogP) is 3.30. The number of aromatic amines is 1. The van der Waals surface area contributed by atoms with E-state index >= 15 is 0 Å². The van der Waals surface area contributed by atoms with E-state index in [1.165, 1.54) is 0 Å². The van der Waals surface area contributed by atoms with Crippen molar-refractivity contribution < 1.29 is 4.52 Å². The van der Waals surface area contributed by atoms with Gasteiger partial charge >= 0.3 is 0 Å². The number of nitrogens with zero attached hydrogens (tertiary/aromatic N) is 3. The molecule has 92 valence electrons. The summed E-state index contributed by atoms with van der Waals surface area (Å²) in [7, 11) is 0. The SMILES string of the molecule is Cc1nc2nc(-c3c(C)noc3C)[nH]c2cc1Br. The molecule has 0 amide bonds. The van der Waals surface area contributed by atoms with Crippen molar-refractivity contribution in [2.75, 3.05) is 0 Å². The van der Waals surface area contributed by atoms with Crippen molar-refractivity contribution in [3.63, 3.8) is 0 Å². The highest BCUT2D eigenvalue weighted by Crippen LogP contribution is 2.27. The lowest BCUT2D eigenvalue weighted by molar-refractivity contribution is 0.393. The molecule has 0 aliphatic rings. The van der Waals surface area contributed by atoms with Crippen molar-refractivity contribution >= 4 is 27.1 Å². The molecule has 3 rings (SSSR count). The summed E-state index contributed by atoms with van der Waals surface area (Å²) in [5, 5.41) is 3.93. The van der Waals surface area contributed by atoms with E-state index in [0.717, 1.165) is 38.5 Å². The lowest BCUT2D eigenvalue weighted by Crippen LogP contribution is -1.84. The van der Waals surface area contributed by atoms with Crippen molar-refractivity contribution in [2.24, 2.45) is 0 Å². The molecule has 0 unspecified atom stereocenters. The van der Waals surface area contributed by atoms with Crippen LogP contribution in [0.4, 0.5) is 0 Å². The lowest BCUT2D eigenvalue weighted by Gasteiger charge is -1.94. The monoisotopic (exact) mass is 306 g/mol. The van der Waals surface area contributed by atoms with E-state index in [4.69, 9.17) is 4.52 Å². The largest absolute Gasteiger partial charge is 0.361 e. The van der Waals surface area contributed by atoms with Crippen LogP contribution < -0.4 is 0 Å². The number of hydrogen-bond donors (Lipinski definition) is 1. The molecule has 0 radical (unpaired) electrons. The molecule has 0 atom stereocenters. The quantitative estimate of drug-likeness (QED) is 0.749. The van der Waals surface area contributed by atoms with E-state index in [-0.39, 0.29) is 0 Å². The van der Waals surface area contributed by atoms with Gasteiger partial charge in [0.15, 0.2) is 5.65 Å². The third-order valence-electron chi connectivity index (χ3n) is 2.87. The van der Waals surface area contributed by atoms with Gasteiger partial charge in [-0.2, -0.15) is 0 Å². The molecule has 0 aromatic carbocycles. The molecule has 0 aliphatic heterocycles. The van der Waals surface area contributed by atoms with E-state index in [9.17, 15) is 0 Å². The van der Waals surface area contributed by atoms with Gasteiger partial charge in [0.1, 0.15) is 11.6 Å². The number of pyridine rings is 1. The Morgan fingerprint density at radius 2 is 1.94 bits per heavy atom. The zero-order chi connectivity index (χ0) is 12.9. The summed E-state index contributed by atoms with van der Waals surface area (Å²) in [5.74, 6) is 1.49. The van der Waals surface area contributed by atoms with E-state index in [1.807, 2.05) is 26.8 Å². The normalized spacial score (nSPS) is 11.3. The van der Waals surface area contributed by atoms with Gasteiger partial charge in [-0.1, -0.05) is 5.16 Å². The highest BCUT2D eigenvalue weighted by atomic mass is 79.9. The third-order valence-corrected chi connectivity index (χ3v) is 3.67. The molecule has 6 heteroatoms. The van der Waals surface area contributed by atoms with Crippen LogP contribution in [0.25, 0.3) is 22.6 Å². The van der Waals surface area contributed by atoms with Gasteiger partial charge < -0.3 is 9.51 Å². The Labute approximate surface area is 112 Å².